The molecule has 2 nitrogen and oxygen atoms in total. The van der Waals surface area contributed by atoms with Gasteiger partial charge in [0, 0.05) is 26.7 Å². The molecule has 7 rings (SSSR count). The quantitative estimate of drug-likeness (QED) is 0.286. The molecule has 1 aliphatic carbocycles. The number of rotatable bonds is 3. The second kappa shape index (κ2) is 7.61. The number of furan rings is 1. The molecule has 34 heavy (non-hydrogen) atoms. The molecule has 3 heteroatoms. The molecule has 0 bridgehead atoms. The average molecular weight is 458 g/mol. The standard InChI is InChI=1S/C31H23NOS/c1-19-11-13-24-26-16-21(20-7-3-2-4-8-20)17-27(31(26)34-30(24)15-19)32-22-12-14-29-25(18-22)23-9-5-6-10-28(23)33-29/h2-14,16-19,32H,15H2,1H3. The third-order valence-corrected chi connectivity index (χ3v) is 8.04. The largest absolute Gasteiger partial charge is 0.456 e. The van der Waals surface area contributed by atoms with Crippen molar-refractivity contribution in [1.82, 2.24) is 0 Å². The van der Waals surface area contributed by atoms with Crippen molar-refractivity contribution in [2.75, 3.05) is 5.32 Å². The Morgan fingerprint density at radius 1 is 0.794 bits per heavy atom. The Kier molecular flexibility index (Phi) is 4.39. The van der Waals surface area contributed by atoms with Crippen molar-refractivity contribution < 1.29 is 4.42 Å². The van der Waals surface area contributed by atoms with Crippen LogP contribution >= 0.6 is 11.3 Å². The highest BCUT2D eigenvalue weighted by atomic mass is 32.1. The van der Waals surface area contributed by atoms with Gasteiger partial charge in [-0.3, -0.25) is 0 Å². The molecule has 0 radical (unpaired) electrons. The molecule has 1 atom stereocenters. The Morgan fingerprint density at radius 2 is 1.62 bits per heavy atom. The zero-order valence-corrected chi connectivity index (χ0v) is 19.7. The van der Waals surface area contributed by atoms with Crippen LogP contribution in [0.2, 0.25) is 0 Å². The number of nitrogens with one attached hydrogen (secondary N) is 1. The third-order valence-electron chi connectivity index (χ3n) is 6.77. The van der Waals surface area contributed by atoms with E-state index >= 15 is 0 Å². The van der Waals surface area contributed by atoms with E-state index in [0.29, 0.717) is 5.92 Å². The molecule has 2 aromatic heterocycles. The van der Waals surface area contributed by atoms with Crippen LogP contribution in [0.4, 0.5) is 11.4 Å². The second-order valence-electron chi connectivity index (χ2n) is 9.18. The Morgan fingerprint density at radius 3 is 2.53 bits per heavy atom. The number of hydrogen-bond donors (Lipinski definition) is 1. The van der Waals surface area contributed by atoms with Crippen LogP contribution in [-0.2, 0) is 6.42 Å². The Bertz CT molecular complexity index is 1720. The van der Waals surface area contributed by atoms with Gasteiger partial charge in [0.05, 0.1) is 10.4 Å². The van der Waals surface area contributed by atoms with Crippen molar-refractivity contribution in [3.05, 3.63) is 101 Å². The number of benzene rings is 4. The van der Waals surface area contributed by atoms with Crippen molar-refractivity contribution in [2.45, 2.75) is 13.3 Å². The second-order valence-corrected chi connectivity index (χ2v) is 10.3. The summed E-state index contributed by atoms with van der Waals surface area (Å²) in [5.41, 5.74) is 7.92. The number of allylic oxidation sites excluding steroid dienone is 1. The molecule has 0 aliphatic heterocycles. The Labute approximate surface area is 202 Å². The van der Waals surface area contributed by atoms with Crippen molar-refractivity contribution >= 4 is 60.8 Å². The van der Waals surface area contributed by atoms with Gasteiger partial charge >= 0.3 is 0 Å². The molecule has 2 heterocycles. The minimum absolute atomic E-state index is 0.586. The van der Waals surface area contributed by atoms with Gasteiger partial charge in [-0.15, -0.1) is 11.3 Å². The number of thiophene rings is 1. The minimum atomic E-state index is 0.586. The van der Waals surface area contributed by atoms with E-state index in [-0.39, 0.29) is 0 Å². The van der Waals surface area contributed by atoms with Crippen LogP contribution in [-0.4, -0.2) is 0 Å². The summed E-state index contributed by atoms with van der Waals surface area (Å²) in [5, 5.41) is 7.39. The maximum atomic E-state index is 6.04. The van der Waals surface area contributed by atoms with E-state index in [9.17, 15) is 0 Å². The first-order chi connectivity index (χ1) is 16.7. The van der Waals surface area contributed by atoms with E-state index in [1.807, 2.05) is 23.5 Å². The van der Waals surface area contributed by atoms with Crippen LogP contribution in [0, 0.1) is 5.92 Å². The number of para-hydroxylation sites is 1. The SMILES string of the molecule is CC1C=Cc2c(sc3c(Nc4ccc5oc6ccccc6c5c4)cc(-c4ccccc4)cc23)C1. The van der Waals surface area contributed by atoms with E-state index in [2.05, 4.69) is 97.2 Å². The fraction of sp³-hybridized carbons (Fsp3) is 0.0968. The number of fused-ring (bicyclic) bond motifs is 6. The van der Waals surface area contributed by atoms with E-state index in [4.69, 9.17) is 4.42 Å². The maximum absolute atomic E-state index is 6.04. The Balaban J connectivity index is 1.41. The van der Waals surface area contributed by atoms with Gasteiger partial charge in [0.15, 0.2) is 0 Å². The predicted octanol–water partition coefficient (Wildman–Crippen LogP) is 9.42. The van der Waals surface area contributed by atoms with E-state index in [1.54, 1.807) is 0 Å². The topological polar surface area (TPSA) is 25.2 Å². The summed E-state index contributed by atoms with van der Waals surface area (Å²) in [5.74, 6) is 0.586. The van der Waals surface area contributed by atoms with E-state index in [0.717, 1.165) is 39.7 Å². The summed E-state index contributed by atoms with van der Waals surface area (Å²) in [6, 6.07) is 29.9. The zero-order valence-electron chi connectivity index (χ0n) is 18.8. The third kappa shape index (κ3) is 3.16. The minimum Gasteiger partial charge on any atom is -0.456 e. The van der Waals surface area contributed by atoms with Crippen LogP contribution in [0.3, 0.4) is 0 Å². The van der Waals surface area contributed by atoms with Gasteiger partial charge in [-0.25, -0.2) is 0 Å². The lowest BCUT2D eigenvalue weighted by atomic mass is 9.94. The Hall–Kier alpha value is -3.82. The molecule has 1 aliphatic rings. The molecule has 164 valence electrons. The van der Waals surface area contributed by atoms with Crippen LogP contribution < -0.4 is 5.32 Å². The number of hydrogen-bond acceptors (Lipinski definition) is 3. The fourth-order valence-electron chi connectivity index (χ4n) is 5.07. The van der Waals surface area contributed by atoms with Gasteiger partial charge in [0.25, 0.3) is 0 Å². The molecule has 1 N–H and O–H groups in total. The molecule has 0 fully saturated rings. The van der Waals surface area contributed by atoms with Crippen molar-refractivity contribution in [1.29, 1.82) is 0 Å². The smallest absolute Gasteiger partial charge is 0.135 e. The molecule has 0 amide bonds. The summed E-state index contributed by atoms with van der Waals surface area (Å²) >= 11 is 1.93. The molecule has 0 saturated heterocycles. The first-order valence-electron chi connectivity index (χ1n) is 11.7. The number of anilines is 2. The van der Waals surface area contributed by atoms with Gasteiger partial charge in [0.2, 0.25) is 0 Å². The maximum Gasteiger partial charge on any atom is 0.135 e. The molecule has 1 unspecified atom stereocenters. The molecular weight excluding hydrogens is 434 g/mol. The van der Waals surface area contributed by atoms with Crippen molar-refractivity contribution in [3.63, 3.8) is 0 Å². The first kappa shape index (κ1) is 19.6. The van der Waals surface area contributed by atoms with Crippen LogP contribution in [0.1, 0.15) is 17.4 Å². The van der Waals surface area contributed by atoms with Gasteiger partial charge in [0.1, 0.15) is 11.2 Å². The molecular formula is C31H23NOS. The summed E-state index contributed by atoms with van der Waals surface area (Å²) in [6.45, 7) is 2.29. The first-order valence-corrected chi connectivity index (χ1v) is 12.6. The van der Waals surface area contributed by atoms with Gasteiger partial charge in [-0.05, 0) is 65.4 Å². The highest BCUT2D eigenvalue weighted by Gasteiger charge is 2.19. The summed E-state index contributed by atoms with van der Waals surface area (Å²) in [7, 11) is 0. The highest BCUT2D eigenvalue weighted by molar-refractivity contribution is 7.20. The summed E-state index contributed by atoms with van der Waals surface area (Å²) in [4.78, 5) is 1.48. The van der Waals surface area contributed by atoms with Crippen LogP contribution in [0.5, 0.6) is 0 Å². The predicted molar refractivity (Wildman–Crippen MR) is 146 cm³/mol. The normalized spacial score (nSPS) is 15.3. The van der Waals surface area contributed by atoms with E-state index in [1.165, 1.54) is 31.7 Å². The highest BCUT2D eigenvalue weighted by Crippen LogP contribution is 2.44. The lowest BCUT2D eigenvalue weighted by Gasteiger charge is -2.12. The monoisotopic (exact) mass is 457 g/mol. The summed E-state index contributed by atoms with van der Waals surface area (Å²) in [6.07, 6.45) is 5.78. The fourth-order valence-corrected chi connectivity index (χ4v) is 6.45. The van der Waals surface area contributed by atoms with Gasteiger partial charge < -0.3 is 9.73 Å². The summed E-state index contributed by atoms with van der Waals surface area (Å²) < 4.78 is 7.36. The van der Waals surface area contributed by atoms with Gasteiger partial charge in [-0.1, -0.05) is 67.6 Å². The lowest BCUT2D eigenvalue weighted by Crippen LogP contribution is -1.99. The van der Waals surface area contributed by atoms with Crippen LogP contribution in [0.25, 0.3) is 49.2 Å². The van der Waals surface area contributed by atoms with Crippen LogP contribution in [0.15, 0.2) is 95.4 Å². The molecule has 0 saturated carbocycles. The average Bonchev–Trinajstić information content (AvgIpc) is 3.42. The molecule has 6 aromatic rings. The van der Waals surface area contributed by atoms with Gasteiger partial charge in [-0.2, -0.15) is 0 Å². The van der Waals surface area contributed by atoms with Crippen molar-refractivity contribution in [3.8, 4) is 11.1 Å². The lowest BCUT2D eigenvalue weighted by molar-refractivity contribution is 0.669. The molecule has 0 spiro atoms. The molecule has 4 aromatic carbocycles. The van der Waals surface area contributed by atoms with E-state index < -0.39 is 0 Å². The zero-order chi connectivity index (χ0) is 22.6. The van der Waals surface area contributed by atoms with Crippen molar-refractivity contribution in [2.24, 2.45) is 5.92 Å².